The molecule has 8 nitrogen and oxygen atoms in total. The summed E-state index contributed by atoms with van der Waals surface area (Å²) in [5.41, 5.74) is 1.05. The molecule has 2 aliphatic rings. The lowest BCUT2D eigenvalue weighted by Crippen LogP contribution is -2.52. The van der Waals surface area contributed by atoms with E-state index in [4.69, 9.17) is 38.6 Å². The van der Waals surface area contributed by atoms with E-state index in [9.17, 15) is 4.79 Å². The van der Waals surface area contributed by atoms with E-state index < -0.39 is 0 Å². The van der Waals surface area contributed by atoms with E-state index in [1.165, 1.54) is 0 Å². The molecule has 0 aromatic heterocycles. The van der Waals surface area contributed by atoms with Crippen LogP contribution in [-0.4, -0.2) is 59.2 Å². The van der Waals surface area contributed by atoms with Gasteiger partial charge in [-0.05, 0) is 55.5 Å². The highest BCUT2D eigenvalue weighted by atomic mass is 32.1. The predicted octanol–water partition coefficient (Wildman–Crippen LogP) is 1.54. The van der Waals surface area contributed by atoms with Gasteiger partial charge >= 0.3 is 5.97 Å². The van der Waals surface area contributed by atoms with Crippen LogP contribution in [0.2, 0.25) is 0 Å². The van der Waals surface area contributed by atoms with Crippen LogP contribution in [0.15, 0.2) is 18.2 Å². The summed E-state index contributed by atoms with van der Waals surface area (Å²) < 4.78 is 15.6. The van der Waals surface area contributed by atoms with Crippen LogP contribution in [0.1, 0.15) is 25.3 Å². The van der Waals surface area contributed by atoms with E-state index in [-0.39, 0.29) is 19.2 Å². The maximum atomic E-state index is 11.4. The Morgan fingerprint density at radius 1 is 1.14 bits per heavy atom. The maximum Gasteiger partial charge on any atom is 0.307 e. The van der Waals surface area contributed by atoms with Gasteiger partial charge in [-0.25, -0.2) is 0 Å². The first-order valence-corrected chi connectivity index (χ1v) is 10.0. The molecule has 2 N–H and O–H groups in total. The molecular weight excluding hydrogens is 400 g/mol. The Morgan fingerprint density at radius 3 is 2.61 bits per heavy atom. The molecule has 0 saturated carbocycles. The van der Waals surface area contributed by atoms with Gasteiger partial charge < -0.3 is 24.8 Å². The molecule has 2 heterocycles. The van der Waals surface area contributed by atoms with E-state index in [1.54, 1.807) is 6.92 Å². The van der Waals surface area contributed by atoms with Gasteiger partial charge in [0.05, 0.1) is 13.0 Å². The summed E-state index contributed by atoms with van der Waals surface area (Å²) in [6, 6.07) is 5.82. The highest BCUT2D eigenvalue weighted by molar-refractivity contribution is 7.80. The number of thiocarbonyl (C=S) groups is 2. The molecule has 3 rings (SSSR count). The Bertz CT molecular complexity index is 746. The smallest absolute Gasteiger partial charge is 0.307 e. The number of carbonyl (C=O) groups excluding carboxylic acids is 1. The van der Waals surface area contributed by atoms with Crippen LogP contribution in [0.5, 0.6) is 11.5 Å². The third-order valence-electron chi connectivity index (χ3n) is 4.29. The largest absolute Gasteiger partial charge is 0.466 e. The summed E-state index contributed by atoms with van der Waals surface area (Å²) in [7, 11) is 0. The molecule has 2 aliphatic heterocycles. The van der Waals surface area contributed by atoms with E-state index in [1.807, 2.05) is 28.2 Å². The zero-order valence-corrected chi connectivity index (χ0v) is 17.4. The molecule has 1 saturated heterocycles. The van der Waals surface area contributed by atoms with Crippen molar-refractivity contribution >= 4 is 40.6 Å². The number of ether oxygens (including phenoxy) is 3. The molecule has 0 radical (unpaired) electrons. The molecule has 152 valence electrons. The summed E-state index contributed by atoms with van der Waals surface area (Å²) >= 11 is 11.0. The Kier molecular flexibility index (Phi) is 7.10. The van der Waals surface area contributed by atoms with Crippen molar-refractivity contribution in [1.29, 1.82) is 0 Å². The molecule has 0 atom stereocenters. The fourth-order valence-corrected chi connectivity index (χ4v) is 3.50. The van der Waals surface area contributed by atoms with Crippen LogP contribution >= 0.6 is 24.4 Å². The van der Waals surface area contributed by atoms with Crippen LogP contribution in [0.4, 0.5) is 0 Å². The van der Waals surface area contributed by atoms with Gasteiger partial charge in [0.15, 0.2) is 21.7 Å². The van der Waals surface area contributed by atoms with Crippen molar-refractivity contribution in [3.63, 3.8) is 0 Å². The van der Waals surface area contributed by atoms with E-state index >= 15 is 0 Å². The first-order chi connectivity index (χ1) is 13.6. The minimum absolute atomic E-state index is 0.239. The number of fused-ring (bicyclic) bond motifs is 1. The first kappa shape index (κ1) is 20.4. The van der Waals surface area contributed by atoms with Gasteiger partial charge in [0, 0.05) is 26.2 Å². The number of benzene rings is 1. The van der Waals surface area contributed by atoms with Crippen molar-refractivity contribution in [2.45, 2.75) is 26.3 Å². The number of nitrogens with one attached hydrogen (secondary N) is 2. The number of rotatable bonds is 6. The topological polar surface area (TPSA) is 75.3 Å². The molecule has 0 amide bonds. The molecule has 0 spiro atoms. The third kappa shape index (κ3) is 5.14. The van der Waals surface area contributed by atoms with Crippen molar-refractivity contribution in [2.24, 2.45) is 0 Å². The lowest BCUT2D eigenvalue weighted by atomic mass is 10.2. The average molecular weight is 425 g/mol. The fraction of sp³-hybridized carbons (Fsp3) is 0.500. The van der Waals surface area contributed by atoms with E-state index in [0.717, 1.165) is 36.6 Å². The zero-order valence-electron chi connectivity index (χ0n) is 15.7. The minimum Gasteiger partial charge on any atom is -0.466 e. The van der Waals surface area contributed by atoms with Crippen LogP contribution in [0.25, 0.3) is 0 Å². The maximum absolute atomic E-state index is 11.4. The molecule has 1 fully saturated rings. The second kappa shape index (κ2) is 9.74. The van der Waals surface area contributed by atoms with Gasteiger partial charge in [-0.2, -0.15) is 0 Å². The average Bonchev–Trinajstić information content (AvgIpc) is 3.35. The molecule has 1 aromatic rings. The molecule has 0 aliphatic carbocycles. The monoisotopic (exact) mass is 424 g/mol. The van der Waals surface area contributed by atoms with Gasteiger partial charge in [0.2, 0.25) is 6.79 Å². The number of carbonyl (C=O) groups is 1. The first-order valence-electron chi connectivity index (χ1n) is 9.23. The standard InChI is InChI=1S/C18H24N4O4S2/c1-2-24-16(23)6-7-19-17(27)21-8-3-9-22(21)18(28)20-11-13-4-5-14-15(10-13)26-12-25-14/h4-5,10H,2-3,6-9,11-12H2,1H3,(H,19,27)(H,20,28). The predicted molar refractivity (Wildman–Crippen MR) is 112 cm³/mol. The van der Waals surface area contributed by atoms with Crippen molar-refractivity contribution in [3.8, 4) is 11.5 Å². The highest BCUT2D eigenvalue weighted by Gasteiger charge is 2.26. The SMILES string of the molecule is CCOC(=O)CCNC(=S)N1CCCN1C(=S)NCc1ccc2c(c1)OCO2. The van der Waals surface area contributed by atoms with E-state index in [0.29, 0.717) is 29.9 Å². The van der Waals surface area contributed by atoms with Crippen LogP contribution in [-0.2, 0) is 16.1 Å². The van der Waals surface area contributed by atoms with Gasteiger partial charge in [-0.3, -0.25) is 14.8 Å². The normalized spacial score (nSPS) is 14.8. The fourth-order valence-electron chi connectivity index (χ4n) is 2.95. The van der Waals surface area contributed by atoms with Crippen LogP contribution in [0.3, 0.4) is 0 Å². The van der Waals surface area contributed by atoms with Crippen molar-refractivity contribution in [2.75, 3.05) is 33.0 Å². The molecule has 28 heavy (non-hydrogen) atoms. The molecular formula is C18H24N4O4S2. The highest BCUT2D eigenvalue weighted by Crippen LogP contribution is 2.32. The summed E-state index contributed by atoms with van der Waals surface area (Å²) in [6.45, 7) is 4.99. The lowest BCUT2D eigenvalue weighted by molar-refractivity contribution is -0.142. The third-order valence-corrected chi connectivity index (χ3v) is 5.00. The van der Waals surface area contributed by atoms with Crippen molar-refractivity contribution in [1.82, 2.24) is 20.7 Å². The number of hydrogen-bond acceptors (Lipinski definition) is 6. The molecule has 1 aromatic carbocycles. The number of hydrazine groups is 1. The summed E-state index contributed by atoms with van der Waals surface area (Å²) in [4.78, 5) is 11.4. The van der Waals surface area contributed by atoms with Crippen LogP contribution in [0, 0.1) is 0 Å². The minimum atomic E-state index is -0.239. The number of esters is 1. The number of nitrogens with zero attached hydrogens (tertiary/aromatic N) is 2. The van der Waals surface area contributed by atoms with Crippen molar-refractivity contribution in [3.05, 3.63) is 23.8 Å². The van der Waals surface area contributed by atoms with Crippen molar-refractivity contribution < 1.29 is 19.0 Å². The second-order valence-corrected chi connectivity index (χ2v) is 7.01. The van der Waals surface area contributed by atoms with Crippen LogP contribution < -0.4 is 20.1 Å². The summed E-state index contributed by atoms with van der Waals surface area (Å²) in [5.74, 6) is 1.27. The quantitative estimate of drug-likeness (QED) is 0.519. The van der Waals surface area contributed by atoms with Gasteiger partial charge in [0.1, 0.15) is 0 Å². The second-order valence-electron chi connectivity index (χ2n) is 6.23. The molecule has 10 heteroatoms. The molecule has 0 unspecified atom stereocenters. The summed E-state index contributed by atoms with van der Waals surface area (Å²) in [5, 5.41) is 11.4. The van der Waals surface area contributed by atoms with Gasteiger partial charge in [0.25, 0.3) is 0 Å². The molecule has 0 bridgehead atoms. The lowest BCUT2D eigenvalue weighted by Gasteiger charge is -2.32. The Hall–Kier alpha value is -2.33. The van der Waals surface area contributed by atoms with Gasteiger partial charge in [-0.15, -0.1) is 0 Å². The number of hydrogen-bond donors (Lipinski definition) is 2. The Morgan fingerprint density at radius 2 is 1.86 bits per heavy atom. The Labute approximate surface area is 175 Å². The van der Waals surface area contributed by atoms with E-state index in [2.05, 4.69) is 10.6 Å². The zero-order chi connectivity index (χ0) is 19.9. The summed E-state index contributed by atoms with van der Waals surface area (Å²) in [6.07, 6.45) is 1.22. The van der Waals surface area contributed by atoms with Gasteiger partial charge in [-0.1, -0.05) is 6.07 Å². The Balaban J connectivity index is 1.47.